The van der Waals surface area contributed by atoms with Gasteiger partial charge in [-0.2, -0.15) is 18.3 Å². The number of thioether (sulfide) groups is 1. The van der Waals surface area contributed by atoms with Gasteiger partial charge in [0.15, 0.2) is 5.65 Å². The third kappa shape index (κ3) is 4.80. The molecular formula is C20H13ClF3N5OS. The minimum absolute atomic E-state index is 0.0132. The lowest BCUT2D eigenvalue weighted by atomic mass is 10.2. The van der Waals surface area contributed by atoms with Crippen molar-refractivity contribution in [2.45, 2.75) is 11.2 Å². The molecule has 4 aromatic rings. The molecule has 0 fully saturated rings. The van der Waals surface area contributed by atoms with E-state index in [2.05, 4.69) is 20.4 Å². The summed E-state index contributed by atoms with van der Waals surface area (Å²) in [6.45, 7) is 0. The van der Waals surface area contributed by atoms with Gasteiger partial charge in [0.25, 0.3) is 0 Å². The first-order valence-corrected chi connectivity index (χ1v) is 10.2. The van der Waals surface area contributed by atoms with Crippen molar-refractivity contribution in [3.8, 4) is 5.69 Å². The first-order chi connectivity index (χ1) is 14.8. The van der Waals surface area contributed by atoms with E-state index in [-0.39, 0.29) is 17.3 Å². The number of carbonyl (C=O) groups excluding carboxylic acids is 1. The van der Waals surface area contributed by atoms with Gasteiger partial charge in [-0.15, -0.1) is 0 Å². The first kappa shape index (κ1) is 21.1. The molecule has 0 spiro atoms. The molecule has 2 aromatic heterocycles. The highest BCUT2D eigenvalue weighted by molar-refractivity contribution is 8.00. The number of amides is 1. The van der Waals surface area contributed by atoms with Gasteiger partial charge in [0.1, 0.15) is 11.4 Å². The second-order valence-electron chi connectivity index (χ2n) is 6.36. The van der Waals surface area contributed by atoms with Crippen molar-refractivity contribution < 1.29 is 18.0 Å². The number of benzene rings is 2. The second kappa shape index (κ2) is 8.56. The highest BCUT2D eigenvalue weighted by Gasteiger charge is 2.30. The van der Waals surface area contributed by atoms with E-state index in [0.717, 1.165) is 17.8 Å². The number of alkyl halides is 3. The summed E-state index contributed by atoms with van der Waals surface area (Å²) < 4.78 is 39.5. The SMILES string of the molecule is O=C(CSc1ncnc2c1cnn2-c1ccc(Cl)cc1)Nc1ccc(C(F)(F)F)cc1. The van der Waals surface area contributed by atoms with E-state index in [4.69, 9.17) is 11.6 Å². The Balaban J connectivity index is 1.45. The van der Waals surface area contributed by atoms with E-state index >= 15 is 0 Å². The number of hydrogen-bond acceptors (Lipinski definition) is 5. The quantitative estimate of drug-likeness (QED) is 0.324. The van der Waals surface area contributed by atoms with Crippen molar-refractivity contribution in [3.05, 3.63) is 71.6 Å². The van der Waals surface area contributed by atoms with Gasteiger partial charge < -0.3 is 5.32 Å². The number of halogens is 4. The molecule has 31 heavy (non-hydrogen) atoms. The molecule has 0 atom stereocenters. The minimum Gasteiger partial charge on any atom is -0.325 e. The van der Waals surface area contributed by atoms with Gasteiger partial charge in [-0.1, -0.05) is 23.4 Å². The molecule has 0 saturated heterocycles. The van der Waals surface area contributed by atoms with Crippen LogP contribution in [0.2, 0.25) is 5.02 Å². The summed E-state index contributed by atoms with van der Waals surface area (Å²) in [4.78, 5) is 20.7. The third-order valence-electron chi connectivity index (χ3n) is 4.24. The minimum atomic E-state index is -4.42. The Bertz CT molecular complexity index is 1230. The van der Waals surface area contributed by atoms with Crippen molar-refractivity contribution in [2.75, 3.05) is 11.1 Å². The topological polar surface area (TPSA) is 72.7 Å². The molecule has 1 N–H and O–H groups in total. The molecule has 4 rings (SSSR count). The highest BCUT2D eigenvalue weighted by atomic mass is 35.5. The van der Waals surface area contributed by atoms with E-state index in [0.29, 0.717) is 21.1 Å². The van der Waals surface area contributed by atoms with Gasteiger partial charge in [0.05, 0.1) is 28.6 Å². The molecule has 0 bridgehead atoms. The zero-order valence-corrected chi connectivity index (χ0v) is 17.2. The Labute approximate surface area is 183 Å². The van der Waals surface area contributed by atoms with E-state index in [1.807, 2.05) is 0 Å². The molecule has 2 aromatic carbocycles. The van der Waals surface area contributed by atoms with Gasteiger partial charge in [-0.3, -0.25) is 4.79 Å². The zero-order chi connectivity index (χ0) is 22.0. The molecule has 0 aliphatic carbocycles. The summed E-state index contributed by atoms with van der Waals surface area (Å²) in [5.41, 5.74) is 0.847. The number of nitrogens with one attached hydrogen (secondary N) is 1. The van der Waals surface area contributed by atoms with E-state index in [1.165, 1.54) is 30.2 Å². The van der Waals surface area contributed by atoms with Crippen molar-refractivity contribution in [2.24, 2.45) is 0 Å². The van der Waals surface area contributed by atoms with E-state index in [1.54, 1.807) is 35.1 Å². The van der Waals surface area contributed by atoms with E-state index in [9.17, 15) is 18.0 Å². The number of anilines is 1. The normalized spacial score (nSPS) is 11.6. The van der Waals surface area contributed by atoms with Crippen LogP contribution < -0.4 is 5.32 Å². The molecule has 6 nitrogen and oxygen atoms in total. The monoisotopic (exact) mass is 463 g/mol. The maximum absolute atomic E-state index is 12.6. The summed E-state index contributed by atoms with van der Waals surface area (Å²) in [5.74, 6) is -0.360. The fraction of sp³-hybridized carbons (Fsp3) is 0.100. The lowest BCUT2D eigenvalue weighted by Gasteiger charge is -2.09. The van der Waals surface area contributed by atoms with Crippen LogP contribution in [0.25, 0.3) is 16.7 Å². The molecule has 0 saturated carbocycles. The zero-order valence-electron chi connectivity index (χ0n) is 15.6. The number of hydrogen-bond donors (Lipinski definition) is 1. The standard InChI is InChI=1S/C20H13ClF3N5OS/c21-13-3-7-15(8-4-13)29-18-16(9-27-29)19(26-11-25-18)31-10-17(30)28-14-5-1-12(2-6-14)20(22,23)24/h1-9,11H,10H2,(H,28,30). The van der Waals surface area contributed by atoms with Crippen LogP contribution in [-0.2, 0) is 11.0 Å². The average Bonchev–Trinajstić information content (AvgIpc) is 3.17. The third-order valence-corrected chi connectivity index (χ3v) is 5.49. The predicted molar refractivity (Wildman–Crippen MR) is 112 cm³/mol. The highest BCUT2D eigenvalue weighted by Crippen LogP contribution is 2.30. The van der Waals surface area contributed by atoms with E-state index < -0.39 is 11.7 Å². The van der Waals surface area contributed by atoms with Crippen LogP contribution >= 0.6 is 23.4 Å². The van der Waals surface area contributed by atoms with Crippen LogP contribution in [-0.4, -0.2) is 31.4 Å². The summed E-state index contributed by atoms with van der Waals surface area (Å²) in [5, 5.41) is 8.75. The van der Waals surface area contributed by atoms with Crippen LogP contribution in [0.3, 0.4) is 0 Å². The Morgan fingerprint density at radius 3 is 2.45 bits per heavy atom. The molecule has 0 aliphatic rings. The second-order valence-corrected chi connectivity index (χ2v) is 7.76. The van der Waals surface area contributed by atoms with Crippen LogP contribution in [0.4, 0.5) is 18.9 Å². The van der Waals surface area contributed by atoms with Crippen LogP contribution in [0.1, 0.15) is 5.56 Å². The largest absolute Gasteiger partial charge is 0.416 e. The van der Waals surface area contributed by atoms with Crippen LogP contribution in [0.5, 0.6) is 0 Å². The van der Waals surface area contributed by atoms with Crippen molar-refractivity contribution in [1.82, 2.24) is 19.7 Å². The Hall–Kier alpha value is -3.11. The van der Waals surface area contributed by atoms with Gasteiger partial charge in [-0.25, -0.2) is 14.6 Å². The maximum Gasteiger partial charge on any atom is 0.416 e. The number of carbonyl (C=O) groups is 1. The lowest BCUT2D eigenvalue weighted by molar-refractivity contribution is -0.137. The Morgan fingerprint density at radius 2 is 1.77 bits per heavy atom. The van der Waals surface area contributed by atoms with Gasteiger partial charge in [-0.05, 0) is 48.5 Å². The fourth-order valence-electron chi connectivity index (χ4n) is 2.78. The molecule has 1 amide bonds. The average molecular weight is 464 g/mol. The van der Waals surface area contributed by atoms with Gasteiger partial charge >= 0.3 is 6.18 Å². The first-order valence-electron chi connectivity index (χ1n) is 8.86. The predicted octanol–water partition coefficient (Wildman–Crippen LogP) is 5.22. The smallest absolute Gasteiger partial charge is 0.325 e. The van der Waals surface area contributed by atoms with Gasteiger partial charge in [0, 0.05) is 10.7 Å². The molecule has 2 heterocycles. The molecule has 0 aliphatic heterocycles. The van der Waals surface area contributed by atoms with Crippen molar-refractivity contribution >= 4 is 46.0 Å². The fourth-order valence-corrected chi connectivity index (χ4v) is 3.67. The molecular weight excluding hydrogens is 451 g/mol. The van der Waals surface area contributed by atoms with Crippen LogP contribution in [0, 0.1) is 0 Å². The summed E-state index contributed by atoms with van der Waals surface area (Å²) in [6, 6.07) is 11.4. The molecule has 158 valence electrons. The Kier molecular flexibility index (Phi) is 5.84. The Morgan fingerprint density at radius 1 is 1.06 bits per heavy atom. The van der Waals surface area contributed by atoms with Crippen LogP contribution in [0.15, 0.2) is 66.1 Å². The summed E-state index contributed by atoms with van der Waals surface area (Å²) in [6.07, 6.45) is -1.43. The van der Waals surface area contributed by atoms with Gasteiger partial charge in [0.2, 0.25) is 5.91 Å². The number of fused-ring (bicyclic) bond motifs is 1. The lowest BCUT2D eigenvalue weighted by Crippen LogP contribution is -2.14. The maximum atomic E-state index is 12.6. The molecule has 0 unspecified atom stereocenters. The summed E-state index contributed by atoms with van der Waals surface area (Å²) in [7, 11) is 0. The summed E-state index contributed by atoms with van der Waals surface area (Å²) >= 11 is 7.10. The number of aromatic nitrogens is 4. The number of rotatable bonds is 5. The molecule has 0 radical (unpaired) electrons. The van der Waals surface area contributed by atoms with Crippen molar-refractivity contribution in [1.29, 1.82) is 0 Å². The number of nitrogens with zero attached hydrogens (tertiary/aromatic N) is 4. The van der Waals surface area contributed by atoms with Crippen molar-refractivity contribution in [3.63, 3.8) is 0 Å². The molecule has 11 heteroatoms.